The fraction of sp³-hybridized carbons (Fsp3) is 0.658. The van der Waals surface area contributed by atoms with E-state index in [1.54, 1.807) is 22.0 Å². The van der Waals surface area contributed by atoms with Gasteiger partial charge in [-0.2, -0.15) is 0 Å². The summed E-state index contributed by atoms with van der Waals surface area (Å²) in [6.45, 7) is 25.0. The predicted molar refractivity (Wildman–Crippen MR) is 193 cm³/mol. The minimum absolute atomic E-state index is 0.0875. The number of aliphatic hydroxyl groups excluding tert-OH is 1. The first-order valence-electron chi connectivity index (χ1n) is 17.4. The first-order valence-corrected chi connectivity index (χ1v) is 18.3. The van der Waals surface area contributed by atoms with Gasteiger partial charge in [0.1, 0.15) is 17.4 Å². The number of amides is 3. The molecule has 48 heavy (non-hydrogen) atoms. The molecule has 0 radical (unpaired) electrons. The number of halogens is 1. The maximum atomic E-state index is 15.2. The Hall–Kier alpha value is -2.69. The topological polar surface area (TPSA) is 99.6 Å². The third-order valence-corrected chi connectivity index (χ3v) is 11.2. The van der Waals surface area contributed by atoms with E-state index in [0.29, 0.717) is 37.3 Å². The molecule has 3 unspecified atom stereocenters. The molecule has 3 heterocycles. The van der Waals surface area contributed by atoms with Gasteiger partial charge in [-0.25, -0.2) is 0 Å². The molecule has 3 amide bonds. The molecule has 1 aromatic carbocycles. The van der Waals surface area contributed by atoms with Gasteiger partial charge in [0, 0.05) is 29.1 Å². The maximum Gasteiger partial charge on any atom is 0.249 e. The lowest BCUT2D eigenvalue weighted by atomic mass is 9.69. The van der Waals surface area contributed by atoms with E-state index in [4.69, 9.17) is 9.47 Å². The average molecular weight is 731 g/mol. The van der Waals surface area contributed by atoms with Crippen molar-refractivity contribution >= 4 is 39.3 Å². The number of carbonyl (C=O) groups is 3. The highest BCUT2D eigenvalue weighted by Crippen LogP contribution is 2.61. The van der Waals surface area contributed by atoms with E-state index in [0.717, 1.165) is 0 Å². The van der Waals surface area contributed by atoms with Crippen LogP contribution in [0.4, 0.5) is 5.69 Å². The molecule has 3 fully saturated rings. The van der Waals surface area contributed by atoms with Crippen molar-refractivity contribution in [1.29, 1.82) is 0 Å². The number of carbonyl (C=O) groups excluding carboxylic acids is 3. The van der Waals surface area contributed by atoms with Crippen molar-refractivity contribution in [2.75, 3.05) is 31.2 Å². The zero-order chi connectivity index (χ0) is 35.8. The highest BCUT2D eigenvalue weighted by Gasteiger charge is 2.77. The third-order valence-electron chi connectivity index (χ3n) is 10.4. The number of aliphatic hydroxyl groups is 1. The van der Waals surface area contributed by atoms with E-state index in [2.05, 4.69) is 49.9 Å². The Morgan fingerprint density at radius 2 is 1.75 bits per heavy atom. The van der Waals surface area contributed by atoms with Crippen LogP contribution in [-0.2, 0) is 19.1 Å². The minimum Gasteiger partial charge on any atom is -0.494 e. The molecule has 4 rings (SSSR count). The van der Waals surface area contributed by atoms with Gasteiger partial charge in [-0.1, -0.05) is 69.1 Å². The number of anilines is 1. The number of alkyl halides is 1. The Labute approximate surface area is 295 Å². The van der Waals surface area contributed by atoms with E-state index in [1.807, 2.05) is 63.8 Å². The Morgan fingerprint density at radius 3 is 2.27 bits per heavy atom. The van der Waals surface area contributed by atoms with Crippen LogP contribution < -0.4 is 9.64 Å². The van der Waals surface area contributed by atoms with E-state index >= 15 is 4.79 Å². The average Bonchev–Trinajstić information content (AvgIpc) is 3.61. The lowest BCUT2D eigenvalue weighted by Gasteiger charge is -2.47. The van der Waals surface area contributed by atoms with Crippen molar-refractivity contribution < 1.29 is 29.0 Å². The van der Waals surface area contributed by atoms with E-state index in [-0.39, 0.29) is 53.6 Å². The normalized spacial score (nSPS) is 27.8. The number of ether oxygens (including phenoxy) is 2. The van der Waals surface area contributed by atoms with Crippen molar-refractivity contribution in [3.8, 4) is 5.75 Å². The van der Waals surface area contributed by atoms with Crippen LogP contribution in [0.2, 0.25) is 0 Å². The van der Waals surface area contributed by atoms with Crippen LogP contribution in [0.3, 0.4) is 0 Å². The molecular formula is C38H56BrN3O6. The van der Waals surface area contributed by atoms with Crippen LogP contribution in [0.25, 0.3) is 0 Å². The summed E-state index contributed by atoms with van der Waals surface area (Å²) in [4.78, 5) is 49.7. The lowest BCUT2D eigenvalue weighted by Crippen LogP contribution is -2.63. The largest absolute Gasteiger partial charge is 0.494 e. The van der Waals surface area contributed by atoms with Crippen molar-refractivity contribution in [3.63, 3.8) is 0 Å². The molecule has 1 aromatic rings. The Balaban J connectivity index is 1.86. The molecule has 3 aliphatic rings. The molecule has 3 aliphatic heterocycles. The Bertz CT molecular complexity index is 1360. The minimum atomic E-state index is -1.26. The van der Waals surface area contributed by atoms with Crippen LogP contribution in [-0.4, -0.2) is 93.1 Å². The van der Waals surface area contributed by atoms with Crippen LogP contribution in [0.5, 0.6) is 5.75 Å². The third kappa shape index (κ3) is 6.86. The number of likely N-dealkylation sites (tertiary alicyclic amines) is 1. The van der Waals surface area contributed by atoms with Gasteiger partial charge in [0.25, 0.3) is 0 Å². The first-order chi connectivity index (χ1) is 22.5. The van der Waals surface area contributed by atoms with Gasteiger partial charge in [0.05, 0.1) is 37.2 Å². The Morgan fingerprint density at radius 1 is 1.12 bits per heavy atom. The second-order valence-corrected chi connectivity index (χ2v) is 16.7. The predicted octanol–water partition coefficient (Wildman–Crippen LogP) is 5.99. The summed E-state index contributed by atoms with van der Waals surface area (Å²) in [6, 6.07) is 5.63. The summed E-state index contributed by atoms with van der Waals surface area (Å²) in [7, 11) is 0. The molecule has 10 heteroatoms. The summed E-state index contributed by atoms with van der Waals surface area (Å²) < 4.78 is 12.5. The first kappa shape index (κ1) is 38.1. The number of benzene rings is 1. The molecule has 0 saturated carbocycles. The monoisotopic (exact) mass is 729 g/mol. The second-order valence-electron chi connectivity index (χ2n) is 15.5. The zero-order valence-corrected chi connectivity index (χ0v) is 31.7. The highest BCUT2D eigenvalue weighted by molar-refractivity contribution is 9.09. The van der Waals surface area contributed by atoms with Crippen LogP contribution >= 0.6 is 15.9 Å². The number of rotatable bonds is 15. The molecule has 1 spiro atoms. The van der Waals surface area contributed by atoms with Gasteiger partial charge in [-0.3, -0.25) is 14.4 Å². The maximum absolute atomic E-state index is 15.2. The summed E-state index contributed by atoms with van der Waals surface area (Å²) in [5.41, 5.74) is -1.29. The van der Waals surface area contributed by atoms with Gasteiger partial charge in [0.15, 0.2) is 0 Å². The fourth-order valence-electron chi connectivity index (χ4n) is 8.63. The van der Waals surface area contributed by atoms with Gasteiger partial charge in [0.2, 0.25) is 17.7 Å². The van der Waals surface area contributed by atoms with Crippen molar-refractivity contribution in [2.24, 2.45) is 23.2 Å². The van der Waals surface area contributed by atoms with Gasteiger partial charge < -0.3 is 29.3 Å². The second kappa shape index (κ2) is 14.7. The van der Waals surface area contributed by atoms with Gasteiger partial charge >= 0.3 is 0 Å². The molecule has 9 nitrogen and oxygen atoms in total. The quantitative estimate of drug-likeness (QED) is 0.176. The van der Waals surface area contributed by atoms with Crippen LogP contribution in [0.1, 0.15) is 74.7 Å². The standard InChI is InChI=1S/C38H56BrN3O6/c1-11-19-40(25-15-17-26(18-16-25)47-14-4)33(44)29-30-34(45)42(28(22-43)24(5)13-3)32(38(30)21-27(39)31(29)48-38)35(46)41(20-12-2)37(9,10)23-36(6,7)8/h11-12,15-18,24,27-32,43H,1-2,13-14,19-23H2,3-10H3/t24-,27?,28-,29-,30-,31-,32?,38?/m0/s1. The van der Waals surface area contributed by atoms with Crippen molar-refractivity contribution in [1.82, 2.24) is 9.80 Å². The molecule has 8 atom stereocenters. The van der Waals surface area contributed by atoms with Crippen molar-refractivity contribution in [3.05, 3.63) is 49.6 Å². The van der Waals surface area contributed by atoms with Crippen LogP contribution in [0.15, 0.2) is 49.6 Å². The number of nitrogens with zero attached hydrogens (tertiary/aromatic N) is 3. The number of hydrogen-bond acceptors (Lipinski definition) is 6. The number of fused-ring (bicyclic) bond motifs is 1. The lowest BCUT2D eigenvalue weighted by molar-refractivity contribution is -0.156. The molecule has 0 aromatic heterocycles. The molecule has 3 saturated heterocycles. The van der Waals surface area contributed by atoms with E-state index < -0.39 is 41.2 Å². The molecule has 266 valence electrons. The van der Waals surface area contributed by atoms with Crippen molar-refractivity contribution in [2.45, 2.75) is 109 Å². The Kier molecular flexibility index (Phi) is 11.6. The summed E-state index contributed by atoms with van der Waals surface area (Å²) in [5.74, 6) is -1.99. The molecular weight excluding hydrogens is 674 g/mol. The van der Waals surface area contributed by atoms with E-state index in [9.17, 15) is 14.7 Å². The van der Waals surface area contributed by atoms with Gasteiger partial charge in [-0.05, 0) is 69.2 Å². The summed E-state index contributed by atoms with van der Waals surface area (Å²) >= 11 is 3.81. The summed E-state index contributed by atoms with van der Waals surface area (Å²) in [5, 5.41) is 10.8. The molecule has 2 bridgehead atoms. The molecule has 1 N–H and O–H groups in total. The van der Waals surface area contributed by atoms with Crippen LogP contribution in [0, 0.1) is 23.2 Å². The summed E-state index contributed by atoms with van der Waals surface area (Å²) in [6.07, 6.45) is 4.54. The van der Waals surface area contributed by atoms with Gasteiger partial charge in [-0.15, -0.1) is 13.2 Å². The molecule has 0 aliphatic carbocycles. The number of hydrogen-bond donors (Lipinski definition) is 1. The van der Waals surface area contributed by atoms with E-state index in [1.165, 1.54) is 0 Å². The smallest absolute Gasteiger partial charge is 0.249 e. The highest BCUT2D eigenvalue weighted by atomic mass is 79.9. The zero-order valence-electron chi connectivity index (χ0n) is 30.1. The SMILES string of the molecule is C=CCN(C(=O)[C@H]1[C@H]2C(=O)N([C@@H](CO)[C@@H](C)CC)C(C(=O)N(CC=C)C(C)(C)CC(C)(C)C)C23CC(Br)[C@@H]1O3)c1ccc(OCC)cc1. The fourth-order valence-corrected chi connectivity index (χ4v) is 9.57.